The molecule has 0 aromatic heterocycles. The number of hydrogen-bond acceptors (Lipinski definition) is 5. The Labute approximate surface area is 187 Å². The first-order chi connectivity index (χ1) is 14.9. The van der Waals surface area contributed by atoms with Crippen LogP contribution in [0.25, 0.3) is 0 Å². The second kappa shape index (κ2) is 9.01. The first-order valence-corrected chi connectivity index (χ1v) is 13.4. The third-order valence-corrected chi connectivity index (χ3v) is 11.3. The van der Waals surface area contributed by atoms with Crippen LogP contribution >= 0.6 is 0 Å². The number of alkyl halides is 3. The third-order valence-electron chi connectivity index (χ3n) is 5.32. The Morgan fingerprint density at radius 1 is 0.969 bits per heavy atom. The molecule has 0 aliphatic carbocycles. The van der Waals surface area contributed by atoms with E-state index < -0.39 is 30.0 Å². The maximum absolute atomic E-state index is 12.6. The molecular formula is C22H26F3NO4SSi. The van der Waals surface area contributed by atoms with Gasteiger partial charge >= 0.3 is 15.6 Å². The molecule has 0 amide bonds. The van der Waals surface area contributed by atoms with Crippen LogP contribution in [-0.4, -0.2) is 41.4 Å². The van der Waals surface area contributed by atoms with Crippen LogP contribution in [0.1, 0.15) is 20.8 Å². The minimum absolute atomic E-state index is 0.135. The average Bonchev–Trinajstić information content (AvgIpc) is 3.15. The summed E-state index contributed by atoms with van der Waals surface area (Å²) in [4.78, 5) is 0. The molecular weight excluding hydrogens is 459 g/mol. The molecule has 0 fully saturated rings. The fourth-order valence-corrected chi connectivity index (χ4v) is 8.98. The monoisotopic (exact) mass is 485 g/mol. The molecule has 5 nitrogen and oxygen atoms in total. The fourth-order valence-electron chi connectivity index (χ4n) is 3.90. The Balaban J connectivity index is 1.90. The molecule has 1 aliphatic heterocycles. The van der Waals surface area contributed by atoms with Gasteiger partial charge in [-0.2, -0.15) is 21.6 Å². The zero-order valence-corrected chi connectivity index (χ0v) is 19.8. The summed E-state index contributed by atoms with van der Waals surface area (Å²) in [6.45, 7) is 6.35. The van der Waals surface area contributed by atoms with E-state index in [0.717, 1.165) is 10.4 Å². The normalized spacial score (nSPS) is 17.8. The van der Waals surface area contributed by atoms with Gasteiger partial charge in [-0.3, -0.25) is 0 Å². The molecule has 1 heterocycles. The highest BCUT2D eigenvalue weighted by Gasteiger charge is 2.51. The summed E-state index contributed by atoms with van der Waals surface area (Å²) in [5.41, 5.74) is -5.47. The minimum atomic E-state index is -5.70. The molecule has 2 aromatic rings. The van der Waals surface area contributed by atoms with E-state index >= 15 is 0 Å². The molecule has 32 heavy (non-hydrogen) atoms. The summed E-state index contributed by atoms with van der Waals surface area (Å²) >= 11 is 0. The number of hydrogen-bond donors (Lipinski definition) is 1. The van der Waals surface area contributed by atoms with Crippen molar-refractivity contribution in [3.8, 4) is 0 Å². The van der Waals surface area contributed by atoms with Crippen LogP contribution in [0.5, 0.6) is 0 Å². The van der Waals surface area contributed by atoms with Crippen molar-refractivity contribution in [3.05, 3.63) is 72.5 Å². The molecule has 1 N–H and O–H groups in total. The second-order valence-electron chi connectivity index (χ2n) is 8.58. The van der Waals surface area contributed by atoms with E-state index in [0.29, 0.717) is 0 Å². The van der Waals surface area contributed by atoms with E-state index in [9.17, 15) is 21.6 Å². The molecule has 174 valence electrons. The lowest BCUT2D eigenvalue weighted by Crippen LogP contribution is -2.67. The third kappa shape index (κ3) is 4.93. The van der Waals surface area contributed by atoms with Crippen molar-refractivity contribution < 1.29 is 30.2 Å². The standard InChI is InChI=1S/C22H26F3NO4SSi/c1-21(2,3)32(19-10-6-4-7-11-19,20-12-8-5-9-13-20)29-16-17-14-18(15-26-17)30-31(27,28)22(23,24)25/h4-14,17,26H,15-16H2,1-3H3/t17-/m0/s1. The van der Waals surface area contributed by atoms with Gasteiger partial charge in [0.1, 0.15) is 5.76 Å². The molecule has 1 atom stereocenters. The van der Waals surface area contributed by atoms with Gasteiger partial charge < -0.3 is 13.9 Å². The van der Waals surface area contributed by atoms with E-state index in [1.54, 1.807) is 0 Å². The van der Waals surface area contributed by atoms with Crippen molar-refractivity contribution in [2.75, 3.05) is 13.2 Å². The van der Waals surface area contributed by atoms with Crippen LogP contribution in [0, 0.1) is 0 Å². The van der Waals surface area contributed by atoms with Gasteiger partial charge in [0.05, 0.1) is 19.2 Å². The van der Waals surface area contributed by atoms with Crippen LogP contribution in [0.2, 0.25) is 5.04 Å². The quantitative estimate of drug-likeness (QED) is 0.371. The fraction of sp³-hybridized carbons (Fsp3) is 0.364. The van der Waals surface area contributed by atoms with Crippen LogP contribution in [-0.2, 0) is 18.7 Å². The zero-order chi connectivity index (χ0) is 23.6. The van der Waals surface area contributed by atoms with Gasteiger partial charge in [-0.1, -0.05) is 81.4 Å². The maximum atomic E-state index is 12.6. The van der Waals surface area contributed by atoms with Crippen molar-refractivity contribution in [3.63, 3.8) is 0 Å². The molecule has 2 aromatic carbocycles. The van der Waals surface area contributed by atoms with E-state index in [1.807, 2.05) is 60.7 Å². The Bertz CT molecular complexity index is 1010. The van der Waals surface area contributed by atoms with E-state index in [4.69, 9.17) is 4.43 Å². The van der Waals surface area contributed by atoms with E-state index in [-0.39, 0.29) is 23.9 Å². The van der Waals surface area contributed by atoms with Gasteiger partial charge in [0.2, 0.25) is 0 Å². The van der Waals surface area contributed by atoms with Crippen LogP contribution in [0.15, 0.2) is 72.5 Å². The van der Waals surface area contributed by atoms with Crippen LogP contribution in [0.3, 0.4) is 0 Å². The summed E-state index contributed by atoms with van der Waals surface area (Å²) in [6, 6.07) is 19.3. The first kappa shape index (κ1) is 24.5. The number of rotatable bonds is 7. The van der Waals surface area contributed by atoms with Gasteiger partial charge in [-0.15, -0.1) is 0 Å². The Morgan fingerprint density at radius 2 is 1.47 bits per heavy atom. The summed E-state index contributed by atoms with van der Waals surface area (Å²) in [6.07, 6.45) is 1.33. The first-order valence-electron chi connectivity index (χ1n) is 10.1. The maximum Gasteiger partial charge on any atom is 0.534 e. The van der Waals surface area contributed by atoms with Gasteiger partial charge in [0.15, 0.2) is 0 Å². The predicted octanol–water partition coefficient (Wildman–Crippen LogP) is 3.28. The summed E-state index contributed by atoms with van der Waals surface area (Å²) in [7, 11) is -8.52. The summed E-state index contributed by atoms with van der Waals surface area (Å²) in [5.74, 6) is -0.293. The lowest BCUT2D eigenvalue weighted by Gasteiger charge is -2.43. The number of nitrogens with one attached hydrogen (secondary N) is 1. The van der Waals surface area contributed by atoms with Crippen molar-refractivity contribution in [2.24, 2.45) is 0 Å². The molecule has 0 saturated heterocycles. The largest absolute Gasteiger partial charge is 0.534 e. The van der Waals surface area contributed by atoms with E-state index in [2.05, 4.69) is 30.3 Å². The Morgan fingerprint density at radius 3 is 1.91 bits per heavy atom. The predicted molar refractivity (Wildman–Crippen MR) is 120 cm³/mol. The minimum Gasteiger partial charge on any atom is -0.405 e. The van der Waals surface area contributed by atoms with E-state index in [1.165, 1.54) is 6.08 Å². The molecule has 0 unspecified atom stereocenters. The SMILES string of the molecule is CC(C)(C)[Si](OC[C@@H]1C=C(OS(=O)(=O)C(F)(F)F)CN1)(c1ccccc1)c1ccccc1. The number of benzene rings is 2. The second-order valence-corrected chi connectivity index (χ2v) is 14.4. The van der Waals surface area contributed by atoms with Gasteiger partial charge in [-0.05, 0) is 21.5 Å². The summed E-state index contributed by atoms with van der Waals surface area (Å²) < 4.78 is 71.4. The Kier molecular flexibility index (Phi) is 6.90. The van der Waals surface area contributed by atoms with Crippen molar-refractivity contribution >= 4 is 28.8 Å². The van der Waals surface area contributed by atoms with Crippen LogP contribution in [0.4, 0.5) is 13.2 Å². The van der Waals surface area contributed by atoms with Crippen molar-refractivity contribution in [1.29, 1.82) is 0 Å². The zero-order valence-electron chi connectivity index (χ0n) is 18.0. The molecule has 0 saturated carbocycles. The lowest BCUT2D eigenvalue weighted by molar-refractivity contribution is -0.0522. The molecule has 1 aliphatic rings. The number of halogens is 3. The smallest absolute Gasteiger partial charge is 0.405 e. The Hall–Kier alpha value is -2.14. The van der Waals surface area contributed by atoms with Crippen molar-refractivity contribution in [2.45, 2.75) is 37.4 Å². The van der Waals surface area contributed by atoms with Gasteiger partial charge in [0.25, 0.3) is 8.32 Å². The highest BCUT2D eigenvalue weighted by atomic mass is 32.2. The van der Waals surface area contributed by atoms with Crippen LogP contribution < -0.4 is 15.7 Å². The molecule has 0 spiro atoms. The van der Waals surface area contributed by atoms with Crippen molar-refractivity contribution in [1.82, 2.24) is 5.32 Å². The summed E-state index contributed by atoms with van der Waals surface area (Å²) in [5, 5.41) is 4.82. The molecule has 10 heteroatoms. The topological polar surface area (TPSA) is 64.6 Å². The van der Waals surface area contributed by atoms with Gasteiger partial charge in [0, 0.05) is 0 Å². The molecule has 0 radical (unpaired) electrons. The lowest BCUT2D eigenvalue weighted by atomic mass is 10.2. The average molecular weight is 486 g/mol. The highest BCUT2D eigenvalue weighted by molar-refractivity contribution is 7.87. The highest BCUT2D eigenvalue weighted by Crippen LogP contribution is 2.37. The molecule has 0 bridgehead atoms. The van der Waals surface area contributed by atoms with Gasteiger partial charge in [-0.25, -0.2) is 0 Å². The molecule has 3 rings (SSSR count).